The van der Waals surface area contributed by atoms with Gasteiger partial charge in [-0.1, -0.05) is 6.07 Å². The van der Waals surface area contributed by atoms with Crippen LogP contribution in [0.2, 0.25) is 0 Å². The maximum Gasteiger partial charge on any atom is 0.254 e. The van der Waals surface area contributed by atoms with Crippen LogP contribution in [-0.2, 0) is 4.79 Å². The minimum atomic E-state index is -0.327. The number of carbonyl (C=O) groups is 1. The van der Waals surface area contributed by atoms with Crippen molar-refractivity contribution in [2.45, 2.75) is 0 Å². The molecule has 4 heteroatoms. The third-order valence-corrected chi connectivity index (χ3v) is 2.05. The topological polar surface area (TPSA) is 59.9 Å². The highest BCUT2D eigenvalue weighted by molar-refractivity contribution is 6.11. The van der Waals surface area contributed by atoms with Crippen molar-refractivity contribution in [1.82, 2.24) is 9.97 Å². The van der Waals surface area contributed by atoms with Gasteiger partial charge in [-0.25, -0.2) is 0 Å². The summed E-state index contributed by atoms with van der Waals surface area (Å²) in [5.74, 6) is -0.327. The molecule has 0 aromatic carbocycles. The first-order valence-corrected chi connectivity index (χ1v) is 4.62. The van der Waals surface area contributed by atoms with E-state index in [4.69, 9.17) is 0 Å². The van der Waals surface area contributed by atoms with Crippen molar-refractivity contribution < 1.29 is 9.59 Å². The molecule has 0 aliphatic carbocycles. The van der Waals surface area contributed by atoms with Crippen molar-refractivity contribution in [3.63, 3.8) is 0 Å². The van der Waals surface area contributed by atoms with E-state index in [1.807, 2.05) is 0 Å². The number of pyridine rings is 2. The highest BCUT2D eigenvalue weighted by atomic mass is 16.1. The van der Waals surface area contributed by atoms with Crippen molar-refractivity contribution in [3.8, 4) is 0 Å². The molecule has 0 unspecified atom stereocenters. The number of carbonyl (C=O) groups excluding carboxylic acids is 2. The molecular weight excluding hydrogens is 204 g/mol. The fraction of sp³-hybridized carbons (Fsp3) is 0. The van der Waals surface area contributed by atoms with Crippen molar-refractivity contribution in [2.24, 2.45) is 0 Å². The number of rotatable bonds is 3. The number of nitrogens with zero attached hydrogens (tertiary/aromatic N) is 2. The highest BCUT2D eigenvalue weighted by Crippen LogP contribution is 2.09. The van der Waals surface area contributed by atoms with Gasteiger partial charge >= 0.3 is 0 Å². The van der Waals surface area contributed by atoms with Crippen LogP contribution in [0.4, 0.5) is 0 Å². The number of aromatic nitrogens is 2. The van der Waals surface area contributed by atoms with E-state index in [0.29, 0.717) is 0 Å². The number of hydrogen-bond donors (Lipinski definition) is 0. The maximum absolute atomic E-state index is 11.9. The lowest BCUT2D eigenvalue weighted by molar-refractivity contribution is 0.103. The molecule has 0 spiro atoms. The second kappa shape index (κ2) is 4.44. The van der Waals surface area contributed by atoms with E-state index in [0.717, 1.165) is 0 Å². The second-order valence-corrected chi connectivity index (χ2v) is 3.05. The molecule has 0 fully saturated rings. The van der Waals surface area contributed by atoms with Gasteiger partial charge in [0.1, 0.15) is 11.4 Å². The first kappa shape index (κ1) is 10.2. The van der Waals surface area contributed by atoms with Gasteiger partial charge in [-0.05, 0) is 24.3 Å². The summed E-state index contributed by atoms with van der Waals surface area (Å²) in [6.45, 7) is 0. The molecule has 0 aliphatic heterocycles. The fourth-order valence-electron chi connectivity index (χ4n) is 1.30. The van der Waals surface area contributed by atoms with Crippen LogP contribution in [-0.4, -0.2) is 22.0 Å². The van der Waals surface area contributed by atoms with E-state index in [1.165, 1.54) is 18.5 Å². The molecule has 0 amide bonds. The van der Waals surface area contributed by atoms with Gasteiger partial charge in [0.25, 0.3) is 6.29 Å². The Bertz CT molecular complexity index is 524. The Morgan fingerprint density at radius 3 is 2.56 bits per heavy atom. The summed E-state index contributed by atoms with van der Waals surface area (Å²) < 4.78 is 0. The van der Waals surface area contributed by atoms with Crippen molar-refractivity contribution in [3.05, 3.63) is 59.7 Å². The summed E-state index contributed by atoms with van der Waals surface area (Å²) in [5.41, 5.74) is 0.515. The number of hydrogen-bond acceptors (Lipinski definition) is 4. The SMILES string of the molecule is O=[C]c1ncccc1C(=O)c1ccccn1. The van der Waals surface area contributed by atoms with Gasteiger partial charge in [-0.3, -0.25) is 19.6 Å². The summed E-state index contributed by atoms with van der Waals surface area (Å²) >= 11 is 0. The molecule has 0 saturated heterocycles. The van der Waals surface area contributed by atoms with Crippen molar-refractivity contribution in [1.29, 1.82) is 0 Å². The largest absolute Gasteiger partial charge is 0.287 e. The molecule has 4 nitrogen and oxygen atoms in total. The van der Waals surface area contributed by atoms with Crippen molar-refractivity contribution >= 4 is 12.1 Å². The van der Waals surface area contributed by atoms with Crippen LogP contribution in [0.15, 0.2) is 42.7 Å². The Morgan fingerprint density at radius 1 is 1.06 bits per heavy atom. The van der Waals surface area contributed by atoms with Gasteiger partial charge in [0, 0.05) is 12.4 Å². The Balaban J connectivity index is 2.46. The molecule has 2 heterocycles. The molecule has 2 aromatic rings. The lowest BCUT2D eigenvalue weighted by Gasteiger charge is -2.01. The monoisotopic (exact) mass is 211 g/mol. The van der Waals surface area contributed by atoms with Gasteiger partial charge in [0.15, 0.2) is 0 Å². The summed E-state index contributed by atoms with van der Waals surface area (Å²) in [5, 5.41) is 0. The van der Waals surface area contributed by atoms with Crippen LogP contribution in [0.1, 0.15) is 21.7 Å². The molecule has 1 radical (unpaired) electrons. The average Bonchev–Trinajstić information content (AvgIpc) is 2.39. The van der Waals surface area contributed by atoms with E-state index >= 15 is 0 Å². The Kier molecular flexibility index (Phi) is 2.82. The van der Waals surface area contributed by atoms with Gasteiger partial charge in [-0.15, -0.1) is 0 Å². The van der Waals surface area contributed by atoms with E-state index < -0.39 is 0 Å². The van der Waals surface area contributed by atoms with Gasteiger partial charge in [0.05, 0.1) is 5.56 Å². The zero-order valence-corrected chi connectivity index (χ0v) is 8.25. The Hall–Kier alpha value is -2.36. The normalized spacial score (nSPS) is 9.75. The predicted octanol–water partition coefficient (Wildman–Crippen LogP) is 1.17. The lowest BCUT2D eigenvalue weighted by atomic mass is 10.1. The molecule has 77 valence electrons. The molecule has 2 rings (SSSR count). The molecule has 2 aromatic heterocycles. The fourth-order valence-corrected chi connectivity index (χ4v) is 1.30. The summed E-state index contributed by atoms with van der Waals surface area (Å²) in [6.07, 6.45) is 4.60. The van der Waals surface area contributed by atoms with Gasteiger partial charge in [-0.2, -0.15) is 0 Å². The highest BCUT2D eigenvalue weighted by Gasteiger charge is 2.14. The molecule has 0 bridgehead atoms. The first-order chi connectivity index (χ1) is 7.83. The minimum Gasteiger partial charge on any atom is -0.287 e. The van der Waals surface area contributed by atoms with Crippen LogP contribution in [0.25, 0.3) is 0 Å². The quantitative estimate of drug-likeness (QED) is 0.715. The van der Waals surface area contributed by atoms with Gasteiger partial charge < -0.3 is 0 Å². The van der Waals surface area contributed by atoms with E-state index in [1.54, 1.807) is 30.6 Å². The average molecular weight is 211 g/mol. The van der Waals surface area contributed by atoms with Crippen LogP contribution < -0.4 is 0 Å². The summed E-state index contributed by atoms with van der Waals surface area (Å²) in [4.78, 5) is 30.2. The molecular formula is C12H7N2O2. The third kappa shape index (κ3) is 1.86. The summed E-state index contributed by atoms with van der Waals surface area (Å²) in [6, 6.07) is 8.14. The molecule has 0 N–H and O–H groups in total. The Labute approximate surface area is 92.0 Å². The van der Waals surface area contributed by atoms with E-state index in [9.17, 15) is 9.59 Å². The van der Waals surface area contributed by atoms with E-state index in [-0.39, 0.29) is 22.7 Å². The second-order valence-electron chi connectivity index (χ2n) is 3.05. The third-order valence-electron chi connectivity index (χ3n) is 2.05. The zero-order valence-electron chi connectivity index (χ0n) is 8.25. The Morgan fingerprint density at radius 2 is 1.88 bits per heavy atom. The van der Waals surface area contributed by atoms with Crippen LogP contribution in [0.3, 0.4) is 0 Å². The summed E-state index contributed by atoms with van der Waals surface area (Å²) in [7, 11) is 0. The zero-order chi connectivity index (χ0) is 11.4. The van der Waals surface area contributed by atoms with Crippen molar-refractivity contribution in [2.75, 3.05) is 0 Å². The number of ketones is 1. The van der Waals surface area contributed by atoms with Crippen LogP contribution in [0, 0.1) is 0 Å². The molecule has 16 heavy (non-hydrogen) atoms. The first-order valence-electron chi connectivity index (χ1n) is 4.62. The lowest BCUT2D eigenvalue weighted by Crippen LogP contribution is -2.08. The van der Waals surface area contributed by atoms with Gasteiger partial charge in [0.2, 0.25) is 5.78 Å². The molecule has 0 aliphatic rings. The molecule has 0 saturated carbocycles. The maximum atomic E-state index is 11.9. The standard InChI is InChI=1S/C12H7N2O2/c15-8-11-9(4-3-7-14-11)12(16)10-5-1-2-6-13-10/h1-7H. The smallest absolute Gasteiger partial charge is 0.254 e. The van der Waals surface area contributed by atoms with E-state index in [2.05, 4.69) is 9.97 Å². The minimum absolute atomic E-state index is 0.0122. The van der Waals surface area contributed by atoms with Crippen LogP contribution >= 0.6 is 0 Å². The van der Waals surface area contributed by atoms with Crippen LogP contribution in [0.5, 0.6) is 0 Å². The predicted molar refractivity (Wildman–Crippen MR) is 56.7 cm³/mol. The molecule has 0 atom stereocenters.